The number of amides is 1. The van der Waals surface area contributed by atoms with E-state index in [0.29, 0.717) is 57.6 Å². The maximum atomic E-state index is 13.8. The van der Waals surface area contributed by atoms with Gasteiger partial charge >= 0.3 is 5.97 Å². The standard InChI is InChI=1S/C33H31Cl2FN4O3/c34-23-9-7-21(8-10-23)18-22-20-38-40(26-14-12-25(36)13-15-26)32(22)30-27-16-11-24(35)19-28(27)39-31(30)33(43)37-17-5-3-1-2-4-6-29(41)42/h7-16,19-20,39H,1-6,17-18H2,(H,37,43)(H,41,42). The lowest BCUT2D eigenvalue weighted by Gasteiger charge is -2.13. The number of hydrogen-bond donors (Lipinski definition) is 3. The molecule has 1 amide bonds. The number of carbonyl (C=O) groups excluding carboxylic acids is 1. The van der Waals surface area contributed by atoms with Crippen LogP contribution in [0.1, 0.15) is 60.1 Å². The lowest BCUT2D eigenvalue weighted by atomic mass is 9.98. The quantitative estimate of drug-likeness (QED) is 0.115. The lowest BCUT2D eigenvalue weighted by Crippen LogP contribution is -2.25. The van der Waals surface area contributed by atoms with Crippen LogP contribution in [0, 0.1) is 5.82 Å². The van der Waals surface area contributed by atoms with E-state index in [0.717, 1.165) is 42.2 Å². The third kappa shape index (κ3) is 7.45. The predicted octanol–water partition coefficient (Wildman–Crippen LogP) is 8.21. The molecule has 0 atom stereocenters. The minimum absolute atomic E-state index is 0.179. The summed E-state index contributed by atoms with van der Waals surface area (Å²) in [7, 11) is 0. The predicted molar refractivity (Wildman–Crippen MR) is 168 cm³/mol. The minimum Gasteiger partial charge on any atom is -0.481 e. The summed E-state index contributed by atoms with van der Waals surface area (Å²) in [6, 6.07) is 19.1. The maximum absolute atomic E-state index is 13.8. The van der Waals surface area contributed by atoms with Gasteiger partial charge in [0.1, 0.15) is 11.5 Å². The van der Waals surface area contributed by atoms with Gasteiger partial charge in [-0.1, -0.05) is 60.7 Å². The monoisotopic (exact) mass is 620 g/mol. The molecule has 0 aliphatic heterocycles. The van der Waals surface area contributed by atoms with Gasteiger partial charge < -0.3 is 15.4 Å². The topological polar surface area (TPSA) is 100 Å². The number of aromatic amines is 1. The molecule has 10 heteroatoms. The zero-order chi connectivity index (χ0) is 30.3. The van der Waals surface area contributed by atoms with Gasteiger partial charge in [0.15, 0.2) is 0 Å². The molecule has 0 radical (unpaired) electrons. The molecule has 0 aliphatic carbocycles. The van der Waals surface area contributed by atoms with E-state index >= 15 is 0 Å². The van der Waals surface area contributed by atoms with Crippen molar-refractivity contribution in [1.29, 1.82) is 0 Å². The number of rotatable bonds is 13. The van der Waals surface area contributed by atoms with Crippen LogP contribution >= 0.6 is 23.2 Å². The SMILES string of the molecule is O=C(O)CCCCCCCNC(=O)c1[nH]c2cc(Cl)ccc2c1-c1c(Cc2ccc(Cl)cc2)cnn1-c1ccc(F)cc1. The Hall–Kier alpha value is -4.14. The second-order valence-corrected chi connectivity index (χ2v) is 11.3. The number of carbonyl (C=O) groups is 2. The highest BCUT2D eigenvalue weighted by Crippen LogP contribution is 2.38. The molecule has 222 valence electrons. The van der Waals surface area contributed by atoms with Gasteiger partial charge in [-0.05, 0) is 66.9 Å². The summed E-state index contributed by atoms with van der Waals surface area (Å²) in [5, 5.41) is 18.5. The van der Waals surface area contributed by atoms with E-state index < -0.39 is 5.97 Å². The minimum atomic E-state index is -0.778. The maximum Gasteiger partial charge on any atom is 0.303 e. The zero-order valence-electron chi connectivity index (χ0n) is 23.4. The Labute approximate surface area is 258 Å². The first-order chi connectivity index (χ1) is 20.8. The first kappa shape index (κ1) is 30.3. The Morgan fingerprint density at radius 3 is 2.35 bits per heavy atom. The second kappa shape index (κ2) is 13.9. The second-order valence-electron chi connectivity index (χ2n) is 10.4. The summed E-state index contributed by atoms with van der Waals surface area (Å²) in [4.78, 5) is 27.7. The van der Waals surface area contributed by atoms with Crippen LogP contribution in [-0.4, -0.2) is 38.3 Å². The number of carboxylic acid groups (broad SMARTS) is 1. The highest BCUT2D eigenvalue weighted by atomic mass is 35.5. The van der Waals surface area contributed by atoms with Crippen LogP contribution in [0.2, 0.25) is 10.0 Å². The fraction of sp³-hybridized carbons (Fsp3) is 0.242. The number of carboxylic acids is 1. The van der Waals surface area contributed by atoms with Crippen molar-refractivity contribution in [3.63, 3.8) is 0 Å². The van der Waals surface area contributed by atoms with Gasteiger partial charge in [0, 0.05) is 51.5 Å². The van der Waals surface area contributed by atoms with Crippen molar-refractivity contribution < 1.29 is 19.1 Å². The van der Waals surface area contributed by atoms with Gasteiger partial charge in [0.2, 0.25) is 0 Å². The lowest BCUT2D eigenvalue weighted by molar-refractivity contribution is -0.137. The van der Waals surface area contributed by atoms with Crippen LogP contribution < -0.4 is 5.32 Å². The smallest absolute Gasteiger partial charge is 0.303 e. The molecule has 5 rings (SSSR count). The number of nitrogens with one attached hydrogen (secondary N) is 2. The molecule has 43 heavy (non-hydrogen) atoms. The molecule has 0 spiro atoms. The Kier molecular flexibility index (Phi) is 9.79. The highest BCUT2D eigenvalue weighted by molar-refractivity contribution is 6.31. The first-order valence-corrected chi connectivity index (χ1v) is 14.9. The number of aliphatic carboxylic acids is 1. The van der Waals surface area contributed by atoms with Crippen LogP contribution in [0.5, 0.6) is 0 Å². The van der Waals surface area contributed by atoms with Crippen molar-refractivity contribution in [3.8, 4) is 16.9 Å². The van der Waals surface area contributed by atoms with E-state index in [4.69, 9.17) is 33.4 Å². The summed E-state index contributed by atoms with van der Waals surface area (Å²) >= 11 is 12.5. The highest BCUT2D eigenvalue weighted by Gasteiger charge is 2.25. The number of fused-ring (bicyclic) bond motifs is 1. The van der Waals surface area contributed by atoms with E-state index in [-0.39, 0.29) is 18.1 Å². The summed E-state index contributed by atoms with van der Waals surface area (Å²) in [6.45, 7) is 0.474. The van der Waals surface area contributed by atoms with Crippen LogP contribution in [0.3, 0.4) is 0 Å². The normalized spacial score (nSPS) is 11.2. The number of benzene rings is 3. The average Bonchev–Trinajstić information content (AvgIpc) is 3.56. The third-order valence-electron chi connectivity index (χ3n) is 7.30. The fourth-order valence-electron chi connectivity index (χ4n) is 5.19. The number of hydrogen-bond acceptors (Lipinski definition) is 3. The van der Waals surface area contributed by atoms with Crippen molar-refractivity contribution in [2.45, 2.75) is 44.9 Å². The Bertz CT molecular complexity index is 1730. The van der Waals surface area contributed by atoms with Crippen LogP contribution in [0.25, 0.3) is 27.8 Å². The van der Waals surface area contributed by atoms with E-state index in [9.17, 15) is 14.0 Å². The van der Waals surface area contributed by atoms with Gasteiger partial charge in [-0.2, -0.15) is 5.10 Å². The van der Waals surface area contributed by atoms with E-state index in [2.05, 4.69) is 10.3 Å². The molecule has 2 heterocycles. The van der Waals surface area contributed by atoms with Gasteiger partial charge in [0.25, 0.3) is 5.91 Å². The van der Waals surface area contributed by atoms with Gasteiger partial charge in [-0.15, -0.1) is 0 Å². The molecule has 2 aromatic heterocycles. The van der Waals surface area contributed by atoms with Gasteiger partial charge in [0.05, 0.1) is 17.6 Å². The molecule has 0 saturated heterocycles. The first-order valence-electron chi connectivity index (χ1n) is 14.2. The van der Waals surface area contributed by atoms with Crippen LogP contribution in [0.15, 0.2) is 72.9 Å². The van der Waals surface area contributed by atoms with Crippen molar-refractivity contribution >= 4 is 46.0 Å². The molecule has 0 bridgehead atoms. The van der Waals surface area contributed by atoms with E-state index in [1.54, 1.807) is 35.1 Å². The fourth-order valence-corrected chi connectivity index (χ4v) is 5.48. The molecule has 0 fully saturated rings. The van der Waals surface area contributed by atoms with Crippen molar-refractivity contribution in [3.05, 3.63) is 106 Å². The molecule has 3 aromatic carbocycles. The van der Waals surface area contributed by atoms with Gasteiger partial charge in [-0.3, -0.25) is 9.59 Å². The Morgan fingerprint density at radius 1 is 0.907 bits per heavy atom. The van der Waals surface area contributed by atoms with Crippen LogP contribution in [0.4, 0.5) is 4.39 Å². The molecule has 3 N–H and O–H groups in total. The van der Waals surface area contributed by atoms with Gasteiger partial charge in [-0.25, -0.2) is 9.07 Å². The number of H-pyrrole nitrogens is 1. The summed E-state index contributed by atoms with van der Waals surface area (Å²) < 4.78 is 15.6. The Morgan fingerprint density at radius 2 is 1.60 bits per heavy atom. The summed E-state index contributed by atoms with van der Waals surface area (Å²) in [5.74, 6) is -1.40. The molecular formula is C33H31Cl2FN4O3. The molecule has 7 nitrogen and oxygen atoms in total. The molecule has 0 aliphatic rings. The Balaban J connectivity index is 1.50. The molecule has 0 unspecified atom stereocenters. The molecular weight excluding hydrogens is 590 g/mol. The summed E-state index contributed by atoms with van der Waals surface area (Å²) in [5.41, 5.74) is 4.99. The molecule has 0 saturated carbocycles. The zero-order valence-corrected chi connectivity index (χ0v) is 24.9. The van der Waals surface area contributed by atoms with Crippen molar-refractivity contribution in [1.82, 2.24) is 20.1 Å². The third-order valence-corrected chi connectivity index (χ3v) is 7.79. The largest absolute Gasteiger partial charge is 0.481 e. The van der Waals surface area contributed by atoms with E-state index in [1.165, 1.54) is 12.1 Å². The number of unbranched alkanes of at least 4 members (excludes halogenated alkanes) is 4. The number of halogens is 3. The number of nitrogens with zero attached hydrogens (tertiary/aromatic N) is 2. The molecule has 5 aromatic rings. The van der Waals surface area contributed by atoms with Crippen molar-refractivity contribution in [2.24, 2.45) is 0 Å². The van der Waals surface area contributed by atoms with Crippen molar-refractivity contribution in [2.75, 3.05) is 6.54 Å². The van der Waals surface area contributed by atoms with E-state index in [1.807, 2.05) is 30.3 Å². The summed E-state index contributed by atoms with van der Waals surface area (Å²) in [6.07, 6.45) is 6.54. The average molecular weight is 622 g/mol. The van der Waals surface area contributed by atoms with Crippen LogP contribution in [-0.2, 0) is 11.2 Å². The number of aromatic nitrogens is 3.